The first-order chi connectivity index (χ1) is 9.39. The SMILES string of the molecule is CCC1(C)NC(c2ccsc2)N(C(C)CN(C)C)C1=O. The molecule has 112 valence electrons. The molecule has 0 radical (unpaired) electrons. The molecule has 20 heavy (non-hydrogen) atoms. The van der Waals surface area contributed by atoms with Gasteiger partial charge >= 0.3 is 0 Å². The van der Waals surface area contributed by atoms with Gasteiger partial charge in [-0.1, -0.05) is 6.92 Å². The zero-order valence-electron chi connectivity index (χ0n) is 13.0. The number of carbonyl (C=O) groups is 1. The average Bonchev–Trinajstić information content (AvgIpc) is 2.97. The summed E-state index contributed by atoms with van der Waals surface area (Å²) in [6.45, 7) is 7.07. The molecule has 1 saturated heterocycles. The van der Waals surface area contributed by atoms with Crippen LogP contribution >= 0.6 is 11.3 Å². The molecule has 0 spiro atoms. The minimum atomic E-state index is -0.451. The fourth-order valence-electron chi connectivity index (χ4n) is 2.83. The van der Waals surface area contributed by atoms with Crippen molar-refractivity contribution in [3.8, 4) is 0 Å². The third-order valence-electron chi connectivity index (χ3n) is 4.11. The van der Waals surface area contributed by atoms with Crippen molar-refractivity contribution >= 4 is 17.2 Å². The molecule has 1 N–H and O–H groups in total. The van der Waals surface area contributed by atoms with Crippen molar-refractivity contribution in [1.82, 2.24) is 15.1 Å². The molecular weight excluding hydrogens is 270 g/mol. The Kier molecular flexibility index (Phi) is 4.52. The van der Waals surface area contributed by atoms with Crippen LogP contribution in [0.1, 0.15) is 38.9 Å². The van der Waals surface area contributed by atoms with Gasteiger partial charge < -0.3 is 9.80 Å². The molecule has 1 fully saturated rings. The van der Waals surface area contributed by atoms with E-state index in [-0.39, 0.29) is 18.1 Å². The highest BCUT2D eigenvalue weighted by molar-refractivity contribution is 7.07. The van der Waals surface area contributed by atoms with Crippen LogP contribution in [0.15, 0.2) is 16.8 Å². The Balaban J connectivity index is 2.31. The molecule has 1 aromatic heterocycles. The number of nitrogens with one attached hydrogen (secondary N) is 1. The van der Waals surface area contributed by atoms with Crippen LogP contribution in [0.5, 0.6) is 0 Å². The molecule has 1 aliphatic rings. The van der Waals surface area contributed by atoms with Crippen molar-refractivity contribution in [3.63, 3.8) is 0 Å². The Hall–Kier alpha value is -0.910. The van der Waals surface area contributed by atoms with Gasteiger partial charge in [-0.3, -0.25) is 10.1 Å². The fraction of sp³-hybridized carbons (Fsp3) is 0.667. The maximum Gasteiger partial charge on any atom is 0.244 e. The van der Waals surface area contributed by atoms with Gasteiger partial charge in [-0.15, -0.1) is 0 Å². The van der Waals surface area contributed by atoms with Gasteiger partial charge in [-0.2, -0.15) is 11.3 Å². The lowest BCUT2D eigenvalue weighted by atomic mass is 9.99. The topological polar surface area (TPSA) is 35.6 Å². The third kappa shape index (κ3) is 2.75. The predicted octanol–water partition coefficient (Wildman–Crippen LogP) is 2.30. The summed E-state index contributed by atoms with van der Waals surface area (Å²) in [4.78, 5) is 17.0. The maximum atomic E-state index is 12.8. The standard InChI is InChI=1S/C15H25N3OS/c1-6-15(3)14(19)18(11(2)9-17(4)5)13(16-15)12-7-8-20-10-12/h7-8,10-11,13,16H,6,9H2,1-5H3. The number of likely N-dealkylation sites (N-methyl/N-ethyl adjacent to an activating group) is 1. The summed E-state index contributed by atoms with van der Waals surface area (Å²) in [6.07, 6.45) is 0.797. The summed E-state index contributed by atoms with van der Waals surface area (Å²) < 4.78 is 0. The molecule has 1 aromatic rings. The van der Waals surface area contributed by atoms with Gasteiger partial charge in [0, 0.05) is 12.6 Å². The van der Waals surface area contributed by atoms with Gasteiger partial charge in [0.25, 0.3) is 0 Å². The Labute approximate surface area is 125 Å². The molecule has 0 bridgehead atoms. The van der Waals surface area contributed by atoms with Gasteiger partial charge in [-0.25, -0.2) is 0 Å². The number of nitrogens with zero attached hydrogens (tertiary/aromatic N) is 2. The minimum absolute atomic E-state index is 0.00588. The van der Waals surface area contributed by atoms with E-state index in [0.717, 1.165) is 13.0 Å². The van der Waals surface area contributed by atoms with Gasteiger partial charge in [0.15, 0.2) is 0 Å². The second-order valence-corrected chi connectivity index (χ2v) is 6.89. The molecule has 0 aliphatic carbocycles. The number of thiophene rings is 1. The molecule has 0 saturated carbocycles. The van der Waals surface area contributed by atoms with Gasteiger partial charge in [0.05, 0.1) is 5.54 Å². The number of hydrogen-bond acceptors (Lipinski definition) is 4. The van der Waals surface area contributed by atoms with Gasteiger partial charge in [0.1, 0.15) is 6.17 Å². The molecule has 5 heteroatoms. The molecule has 1 aliphatic heterocycles. The summed E-state index contributed by atoms with van der Waals surface area (Å²) in [6, 6.07) is 2.29. The van der Waals surface area contributed by atoms with Crippen LogP contribution in [-0.2, 0) is 4.79 Å². The van der Waals surface area contributed by atoms with E-state index in [1.165, 1.54) is 5.56 Å². The first kappa shape index (κ1) is 15.5. The van der Waals surface area contributed by atoms with E-state index in [2.05, 4.69) is 40.9 Å². The van der Waals surface area contributed by atoms with E-state index in [4.69, 9.17) is 0 Å². The van der Waals surface area contributed by atoms with Crippen molar-refractivity contribution in [3.05, 3.63) is 22.4 Å². The largest absolute Gasteiger partial charge is 0.317 e. The third-order valence-corrected chi connectivity index (χ3v) is 4.81. The van der Waals surface area contributed by atoms with Crippen LogP contribution in [0.2, 0.25) is 0 Å². The zero-order chi connectivity index (χ0) is 14.9. The summed E-state index contributed by atoms with van der Waals surface area (Å²) in [5, 5.41) is 7.73. The summed E-state index contributed by atoms with van der Waals surface area (Å²) in [5.41, 5.74) is 0.735. The van der Waals surface area contributed by atoms with Crippen LogP contribution in [0.4, 0.5) is 0 Å². The van der Waals surface area contributed by atoms with Crippen molar-refractivity contribution in [1.29, 1.82) is 0 Å². The maximum absolute atomic E-state index is 12.8. The molecule has 2 heterocycles. The van der Waals surface area contributed by atoms with E-state index in [0.29, 0.717) is 0 Å². The Bertz CT molecular complexity index is 460. The van der Waals surface area contributed by atoms with Gasteiger partial charge in [-0.05, 0) is 56.8 Å². The Morgan fingerprint density at radius 1 is 1.55 bits per heavy atom. The van der Waals surface area contributed by atoms with Crippen LogP contribution in [0, 0.1) is 0 Å². The minimum Gasteiger partial charge on any atom is -0.317 e. The van der Waals surface area contributed by atoms with Crippen LogP contribution in [0.3, 0.4) is 0 Å². The molecule has 3 unspecified atom stereocenters. The molecule has 2 rings (SSSR count). The lowest BCUT2D eigenvalue weighted by Crippen LogP contribution is -2.46. The number of hydrogen-bond donors (Lipinski definition) is 1. The smallest absolute Gasteiger partial charge is 0.244 e. The van der Waals surface area contributed by atoms with E-state index < -0.39 is 5.54 Å². The molecule has 3 atom stereocenters. The second kappa shape index (κ2) is 5.84. The van der Waals surface area contributed by atoms with Crippen LogP contribution in [-0.4, -0.2) is 47.9 Å². The van der Waals surface area contributed by atoms with E-state index in [1.54, 1.807) is 11.3 Å². The molecule has 0 aromatic carbocycles. The predicted molar refractivity (Wildman–Crippen MR) is 83.8 cm³/mol. The van der Waals surface area contributed by atoms with Crippen molar-refractivity contribution in [2.45, 2.75) is 44.9 Å². The first-order valence-corrected chi connectivity index (χ1v) is 8.10. The highest BCUT2D eigenvalue weighted by Gasteiger charge is 2.48. The Morgan fingerprint density at radius 3 is 2.75 bits per heavy atom. The number of carbonyl (C=O) groups excluding carboxylic acids is 1. The quantitative estimate of drug-likeness (QED) is 0.905. The number of rotatable bonds is 5. The molecule has 1 amide bonds. The monoisotopic (exact) mass is 295 g/mol. The fourth-order valence-corrected chi connectivity index (χ4v) is 3.51. The van der Waals surface area contributed by atoms with E-state index in [1.807, 2.05) is 25.9 Å². The van der Waals surface area contributed by atoms with Crippen molar-refractivity contribution in [2.75, 3.05) is 20.6 Å². The highest BCUT2D eigenvalue weighted by Crippen LogP contribution is 2.35. The normalized spacial score (nSPS) is 28.4. The second-order valence-electron chi connectivity index (χ2n) is 6.11. The molecular formula is C15H25N3OS. The zero-order valence-corrected chi connectivity index (χ0v) is 13.8. The highest BCUT2D eigenvalue weighted by atomic mass is 32.1. The molecule has 4 nitrogen and oxygen atoms in total. The van der Waals surface area contributed by atoms with Crippen LogP contribution < -0.4 is 5.32 Å². The van der Waals surface area contributed by atoms with E-state index in [9.17, 15) is 4.79 Å². The summed E-state index contributed by atoms with van der Waals surface area (Å²) in [5.74, 6) is 0.213. The van der Waals surface area contributed by atoms with Crippen molar-refractivity contribution in [2.24, 2.45) is 0 Å². The van der Waals surface area contributed by atoms with Gasteiger partial charge in [0.2, 0.25) is 5.91 Å². The lowest BCUT2D eigenvalue weighted by molar-refractivity contribution is -0.135. The Morgan fingerprint density at radius 2 is 2.25 bits per heavy atom. The van der Waals surface area contributed by atoms with E-state index >= 15 is 0 Å². The first-order valence-electron chi connectivity index (χ1n) is 7.16. The summed E-state index contributed by atoms with van der Waals surface area (Å²) in [7, 11) is 4.09. The average molecular weight is 295 g/mol. The number of amides is 1. The summed E-state index contributed by atoms with van der Waals surface area (Å²) >= 11 is 1.67. The van der Waals surface area contributed by atoms with Crippen molar-refractivity contribution < 1.29 is 4.79 Å². The van der Waals surface area contributed by atoms with Crippen LogP contribution in [0.25, 0.3) is 0 Å². The lowest BCUT2D eigenvalue weighted by Gasteiger charge is -2.32.